The molecule has 0 rings (SSSR count). The van der Waals surface area contributed by atoms with Crippen LogP contribution in [0, 0.1) is 0 Å². The molecule has 7 heteroatoms. The van der Waals surface area contributed by atoms with E-state index in [-0.39, 0.29) is 5.48 Å². The van der Waals surface area contributed by atoms with Gasteiger partial charge in [0.2, 0.25) is 0 Å². The van der Waals surface area contributed by atoms with Crippen LogP contribution in [0.5, 0.6) is 0 Å². The molecule has 0 aliphatic rings. The molecular weight excluding hydrogens is 160 g/mol. The quantitative estimate of drug-likeness (QED) is 0.294. The maximum atomic E-state index is 9.71. The summed E-state index contributed by atoms with van der Waals surface area (Å²) in [6, 6.07) is 0. The van der Waals surface area contributed by atoms with E-state index in [0.717, 1.165) is 0 Å². The first-order valence-electron chi connectivity index (χ1n) is 2.05. The zero-order valence-corrected chi connectivity index (χ0v) is 5.11. The molecule has 11 heavy (non-hydrogen) atoms. The molecule has 0 saturated heterocycles. The molecule has 0 aromatic heterocycles. The van der Waals surface area contributed by atoms with Crippen molar-refractivity contribution in [2.75, 3.05) is 0 Å². The highest BCUT2D eigenvalue weighted by atomic mass is 16.4. The molecule has 0 fully saturated rings. The third-order valence-corrected chi connectivity index (χ3v) is 0.629. The van der Waals surface area contributed by atoms with Crippen LogP contribution in [0.2, 0.25) is 0 Å². The van der Waals surface area contributed by atoms with Crippen molar-refractivity contribution in [3.05, 3.63) is 11.5 Å². The summed E-state index contributed by atoms with van der Waals surface area (Å²) in [6.07, 6.45) is 0. The summed E-state index contributed by atoms with van der Waals surface area (Å²) >= 11 is 0. The Bertz CT molecular complexity index is 180. The van der Waals surface area contributed by atoms with E-state index in [1.165, 1.54) is 0 Å². The van der Waals surface area contributed by atoms with Crippen molar-refractivity contribution >= 4 is 11.9 Å². The van der Waals surface area contributed by atoms with E-state index in [0.29, 0.717) is 0 Å². The lowest BCUT2D eigenvalue weighted by Crippen LogP contribution is -2.10. The molecule has 0 aromatic carbocycles. The van der Waals surface area contributed by atoms with Crippen molar-refractivity contribution in [3.63, 3.8) is 0 Å². The highest BCUT2D eigenvalue weighted by molar-refractivity contribution is 5.94. The molecule has 0 amide bonds. The van der Waals surface area contributed by atoms with Crippen LogP contribution in [0.4, 0.5) is 0 Å². The van der Waals surface area contributed by atoms with Crippen LogP contribution in [0.3, 0.4) is 0 Å². The maximum absolute atomic E-state index is 9.71. The first-order valence-corrected chi connectivity index (χ1v) is 2.05. The van der Waals surface area contributed by atoms with Gasteiger partial charge in [-0.15, -0.1) is 0 Å². The van der Waals surface area contributed by atoms with E-state index >= 15 is 0 Å². The second kappa shape index (κ2) is 4.12. The molecule has 0 aliphatic carbocycles. The van der Waals surface area contributed by atoms with E-state index in [2.05, 4.69) is 0 Å². The van der Waals surface area contributed by atoms with Gasteiger partial charge in [-0.1, -0.05) is 0 Å². The normalized spacial score (nSPS) is 10.9. The van der Waals surface area contributed by atoms with Crippen molar-refractivity contribution in [2.24, 2.45) is 0 Å². The van der Waals surface area contributed by atoms with E-state index in [9.17, 15) is 9.59 Å². The Morgan fingerprint density at radius 2 is 0.909 bits per heavy atom. The zero-order chi connectivity index (χ0) is 8.31. The van der Waals surface area contributed by atoms with Gasteiger partial charge in [-0.05, 0) is 0 Å². The van der Waals surface area contributed by atoms with Gasteiger partial charge in [0.15, 0.2) is 0 Å². The third-order valence-electron chi connectivity index (χ3n) is 0.629. The van der Waals surface area contributed by atoms with Crippen molar-refractivity contribution in [1.29, 1.82) is 0 Å². The first-order chi connectivity index (χ1) is 4.46. The molecule has 6 N–H and O–H groups in total. The van der Waals surface area contributed by atoms with Gasteiger partial charge in [0.05, 0.1) is 0 Å². The minimum absolute atomic E-state index is 0. The number of hydrogen-bond donors (Lipinski definition) is 4. The highest BCUT2D eigenvalue weighted by Crippen LogP contribution is 1.96. The van der Waals surface area contributed by atoms with Gasteiger partial charge < -0.3 is 25.9 Å². The lowest BCUT2D eigenvalue weighted by Gasteiger charge is -1.92. The Balaban J connectivity index is 0. The summed E-state index contributed by atoms with van der Waals surface area (Å²) in [7, 11) is 0. The highest BCUT2D eigenvalue weighted by Gasteiger charge is 2.17. The third kappa shape index (κ3) is 3.06. The lowest BCUT2D eigenvalue weighted by atomic mass is 10.4. The molecule has 0 aliphatic heterocycles. The molecule has 0 saturated carbocycles. The summed E-state index contributed by atoms with van der Waals surface area (Å²) in [5.41, 5.74) is 0. The molecular formula is C4H6O7. The Labute approximate surface area is 60.1 Å². The van der Waals surface area contributed by atoms with Crippen LogP contribution in [0.1, 0.15) is 0 Å². The molecule has 0 heterocycles. The summed E-state index contributed by atoms with van der Waals surface area (Å²) in [6.45, 7) is 0. The largest absolute Gasteiger partial charge is 0.499 e. The van der Waals surface area contributed by atoms with Crippen molar-refractivity contribution in [1.82, 2.24) is 0 Å². The van der Waals surface area contributed by atoms with E-state index in [1.54, 1.807) is 0 Å². The van der Waals surface area contributed by atoms with Crippen molar-refractivity contribution < 1.29 is 35.5 Å². The number of carbonyl (C=O) groups is 2. The van der Waals surface area contributed by atoms with Crippen LogP contribution in [-0.4, -0.2) is 37.8 Å². The van der Waals surface area contributed by atoms with E-state index in [1.807, 2.05) is 0 Å². The van der Waals surface area contributed by atoms with Crippen LogP contribution in [-0.2, 0) is 9.59 Å². The second-order valence-corrected chi connectivity index (χ2v) is 1.31. The van der Waals surface area contributed by atoms with E-state index < -0.39 is 23.5 Å². The first kappa shape index (κ1) is 12.0. The zero-order valence-electron chi connectivity index (χ0n) is 5.11. The number of hydrogen-bond acceptors (Lipinski definition) is 4. The summed E-state index contributed by atoms with van der Waals surface area (Å²) in [5.74, 6) is -6.93. The predicted molar refractivity (Wildman–Crippen MR) is 31.2 cm³/mol. The minimum atomic E-state index is -1.89. The van der Waals surface area contributed by atoms with Gasteiger partial charge >= 0.3 is 11.9 Å². The Morgan fingerprint density at radius 1 is 0.727 bits per heavy atom. The fourth-order valence-electron chi connectivity index (χ4n) is 0.203. The second-order valence-electron chi connectivity index (χ2n) is 1.31. The number of aliphatic hydroxyl groups excluding tert-OH is 2. The molecule has 0 bridgehead atoms. The fourth-order valence-corrected chi connectivity index (χ4v) is 0.203. The molecule has 0 unspecified atom stereocenters. The van der Waals surface area contributed by atoms with Gasteiger partial charge in [0, 0.05) is 0 Å². The monoisotopic (exact) mass is 166 g/mol. The Hall–Kier alpha value is -1.76. The van der Waals surface area contributed by atoms with Gasteiger partial charge in [0.25, 0.3) is 11.5 Å². The maximum Gasteiger partial charge on any atom is 0.375 e. The van der Waals surface area contributed by atoms with Crippen LogP contribution < -0.4 is 0 Å². The predicted octanol–water partition coefficient (Wildman–Crippen LogP) is -1.34. The average Bonchev–Trinajstić information content (AvgIpc) is 1.84. The fraction of sp³-hybridized carbons (Fsp3) is 0. The van der Waals surface area contributed by atoms with Gasteiger partial charge in [-0.25, -0.2) is 9.59 Å². The van der Waals surface area contributed by atoms with Gasteiger partial charge in [-0.2, -0.15) is 0 Å². The topological polar surface area (TPSA) is 147 Å². The Morgan fingerprint density at radius 3 is 1.00 bits per heavy atom. The molecule has 0 spiro atoms. The SMILES string of the molecule is O.O=C(O)C(O)=C(O)C(=O)O. The molecule has 0 radical (unpaired) electrons. The van der Waals surface area contributed by atoms with Crippen LogP contribution in [0.15, 0.2) is 11.5 Å². The minimum Gasteiger partial charge on any atom is -0.499 e. The van der Waals surface area contributed by atoms with Crippen molar-refractivity contribution in [2.45, 2.75) is 0 Å². The molecule has 7 nitrogen and oxygen atoms in total. The lowest BCUT2D eigenvalue weighted by molar-refractivity contribution is -0.140. The number of aliphatic hydroxyl groups is 2. The number of carboxylic acids is 2. The number of rotatable bonds is 2. The van der Waals surface area contributed by atoms with Crippen molar-refractivity contribution in [3.8, 4) is 0 Å². The molecule has 0 aromatic rings. The van der Waals surface area contributed by atoms with Gasteiger partial charge in [0.1, 0.15) is 0 Å². The molecule has 0 atom stereocenters. The summed E-state index contributed by atoms with van der Waals surface area (Å²) in [4.78, 5) is 19.4. The summed E-state index contributed by atoms with van der Waals surface area (Å²) < 4.78 is 0. The van der Waals surface area contributed by atoms with Gasteiger partial charge in [-0.3, -0.25) is 0 Å². The molecule has 64 valence electrons. The van der Waals surface area contributed by atoms with E-state index in [4.69, 9.17) is 20.4 Å². The Kier molecular flexibility index (Phi) is 4.48. The number of aliphatic carboxylic acids is 2. The van der Waals surface area contributed by atoms with Crippen LogP contribution in [0.25, 0.3) is 0 Å². The summed E-state index contributed by atoms with van der Waals surface area (Å²) in [5, 5.41) is 32.2. The number of carboxylic acid groups (broad SMARTS) is 2. The van der Waals surface area contributed by atoms with Crippen LogP contribution >= 0.6 is 0 Å². The standard InChI is InChI=1S/C4H4O6.H2O/c5-1(3(7)8)2(6)4(9)10;/h5-6H,(H,7,8)(H,9,10);1H2. The smallest absolute Gasteiger partial charge is 0.375 e. The average molecular weight is 166 g/mol.